The maximum Gasteiger partial charge on any atom is 0.338 e. The number of benzene rings is 1. The molecule has 3 aromatic rings. The lowest BCUT2D eigenvalue weighted by Crippen LogP contribution is -2.32. The van der Waals surface area contributed by atoms with E-state index in [1.165, 1.54) is 50.4 Å². The van der Waals surface area contributed by atoms with Crippen molar-refractivity contribution in [3.8, 4) is 0 Å². The minimum atomic E-state index is -3.66. The second-order valence-electron chi connectivity index (χ2n) is 7.06. The highest BCUT2D eigenvalue weighted by Gasteiger charge is 2.26. The largest absolute Gasteiger partial charge is 0.456 e. The Kier molecular flexibility index (Phi) is 5.98. The molecule has 0 aliphatic carbocycles. The summed E-state index contributed by atoms with van der Waals surface area (Å²) in [6, 6.07) is 7.18. The van der Waals surface area contributed by atoms with Crippen LogP contribution in [0, 0.1) is 0 Å². The molecule has 10 heteroatoms. The standard InChI is InChI=1S/C20H21N3O5S2/c24-18-13-16(21-20-23(18)10-11-29-20)14-28-19(25)15-6-5-7-17(12-15)30(26,27)22-8-3-1-2-4-9-22/h5-7,10-13H,1-4,8-9,14H2. The van der Waals surface area contributed by atoms with Gasteiger partial charge in [-0.15, -0.1) is 11.3 Å². The van der Waals surface area contributed by atoms with Gasteiger partial charge in [-0.05, 0) is 31.0 Å². The molecular weight excluding hydrogens is 426 g/mol. The molecule has 0 atom stereocenters. The van der Waals surface area contributed by atoms with Crippen LogP contribution < -0.4 is 5.56 Å². The average Bonchev–Trinajstić information content (AvgIpc) is 3.04. The van der Waals surface area contributed by atoms with Crippen molar-refractivity contribution in [1.82, 2.24) is 13.7 Å². The number of hydrogen-bond donors (Lipinski definition) is 0. The predicted octanol–water partition coefficient (Wildman–Crippen LogP) is 2.68. The Balaban J connectivity index is 1.50. The van der Waals surface area contributed by atoms with Crippen molar-refractivity contribution in [2.45, 2.75) is 37.2 Å². The quantitative estimate of drug-likeness (QED) is 0.558. The zero-order valence-corrected chi connectivity index (χ0v) is 17.8. The number of hydrogen-bond acceptors (Lipinski definition) is 7. The van der Waals surface area contributed by atoms with Gasteiger partial charge in [-0.2, -0.15) is 4.31 Å². The lowest BCUT2D eigenvalue weighted by molar-refractivity contribution is 0.0467. The monoisotopic (exact) mass is 447 g/mol. The number of fused-ring (bicyclic) bond motifs is 1. The third kappa shape index (κ3) is 4.30. The van der Waals surface area contributed by atoms with Crippen molar-refractivity contribution in [3.63, 3.8) is 0 Å². The van der Waals surface area contributed by atoms with Crippen molar-refractivity contribution in [2.75, 3.05) is 13.1 Å². The summed E-state index contributed by atoms with van der Waals surface area (Å²) in [5.74, 6) is -0.670. The van der Waals surface area contributed by atoms with Gasteiger partial charge in [-0.25, -0.2) is 18.2 Å². The van der Waals surface area contributed by atoms with Crippen molar-refractivity contribution >= 4 is 32.3 Å². The van der Waals surface area contributed by atoms with Crippen molar-refractivity contribution in [1.29, 1.82) is 0 Å². The van der Waals surface area contributed by atoms with E-state index in [1.807, 2.05) is 0 Å². The van der Waals surface area contributed by atoms with Gasteiger partial charge < -0.3 is 4.74 Å². The number of nitrogens with zero attached hydrogens (tertiary/aromatic N) is 3. The van der Waals surface area contributed by atoms with Crippen molar-refractivity contribution in [3.05, 3.63) is 63.5 Å². The molecule has 1 aliphatic heterocycles. The third-order valence-electron chi connectivity index (χ3n) is 4.98. The fraction of sp³-hybridized carbons (Fsp3) is 0.350. The second-order valence-corrected chi connectivity index (χ2v) is 9.87. The molecular formula is C20H21N3O5S2. The molecule has 1 aliphatic rings. The molecule has 0 N–H and O–H groups in total. The molecule has 0 saturated carbocycles. The van der Waals surface area contributed by atoms with Crippen LogP contribution in [0.25, 0.3) is 4.96 Å². The van der Waals surface area contributed by atoms with Gasteiger partial charge in [-0.3, -0.25) is 9.20 Å². The third-order valence-corrected chi connectivity index (χ3v) is 7.63. The van der Waals surface area contributed by atoms with Crippen LogP contribution in [-0.2, 0) is 21.4 Å². The minimum absolute atomic E-state index is 0.0789. The van der Waals surface area contributed by atoms with Gasteiger partial charge >= 0.3 is 5.97 Å². The Morgan fingerprint density at radius 2 is 1.90 bits per heavy atom. The molecule has 0 bridgehead atoms. The summed E-state index contributed by atoms with van der Waals surface area (Å²) in [5, 5.41) is 1.75. The Hall–Kier alpha value is -2.56. The molecule has 3 heterocycles. The normalized spacial score (nSPS) is 15.7. The Labute approximate surface area is 177 Å². The van der Waals surface area contributed by atoms with Crippen molar-refractivity contribution in [2.24, 2.45) is 0 Å². The first-order chi connectivity index (χ1) is 14.4. The van der Waals surface area contributed by atoms with E-state index in [2.05, 4.69) is 4.98 Å². The van der Waals surface area contributed by atoms with Crippen molar-refractivity contribution < 1.29 is 17.9 Å². The second kappa shape index (κ2) is 8.66. The lowest BCUT2D eigenvalue weighted by atomic mass is 10.2. The fourth-order valence-corrected chi connectivity index (χ4v) is 5.70. The number of carbonyl (C=O) groups excluding carboxylic acids is 1. The number of esters is 1. The van der Waals surface area contributed by atoms with Gasteiger partial charge in [0.1, 0.15) is 6.61 Å². The first-order valence-corrected chi connectivity index (χ1v) is 12.0. The smallest absolute Gasteiger partial charge is 0.338 e. The molecule has 8 nitrogen and oxygen atoms in total. The van der Waals surface area contributed by atoms with Crippen LogP contribution in [0.2, 0.25) is 0 Å². The summed E-state index contributed by atoms with van der Waals surface area (Å²) in [4.78, 5) is 29.4. The summed E-state index contributed by atoms with van der Waals surface area (Å²) in [5.41, 5.74) is 0.224. The van der Waals surface area contributed by atoms with Gasteiger partial charge in [0, 0.05) is 30.7 Å². The molecule has 0 radical (unpaired) electrons. The van der Waals surface area contributed by atoms with Crippen LogP contribution in [0.3, 0.4) is 0 Å². The number of thiazole rings is 1. The molecule has 1 aromatic carbocycles. The Morgan fingerprint density at radius 1 is 1.13 bits per heavy atom. The van der Waals surface area contributed by atoms with Crippen LogP contribution in [0.1, 0.15) is 41.7 Å². The van der Waals surface area contributed by atoms with E-state index in [1.54, 1.807) is 11.6 Å². The Morgan fingerprint density at radius 3 is 2.67 bits per heavy atom. The molecule has 0 unspecified atom stereocenters. The minimum Gasteiger partial charge on any atom is -0.456 e. The molecule has 0 spiro atoms. The van der Waals surface area contributed by atoms with Gasteiger partial charge in [0.2, 0.25) is 10.0 Å². The molecule has 158 valence electrons. The number of rotatable bonds is 5. The SMILES string of the molecule is O=C(OCc1cc(=O)n2ccsc2n1)c1cccc(S(=O)(=O)N2CCCCCC2)c1. The Bertz CT molecular complexity index is 1220. The van der Waals surface area contributed by atoms with Crippen LogP contribution in [0.15, 0.2) is 51.6 Å². The van der Waals surface area contributed by atoms with Crippen LogP contribution >= 0.6 is 11.3 Å². The summed E-state index contributed by atoms with van der Waals surface area (Å²) < 4.78 is 34.1. The number of carbonyl (C=O) groups is 1. The van der Waals surface area contributed by atoms with Gasteiger partial charge in [0.05, 0.1) is 16.2 Å². The van der Waals surface area contributed by atoms with E-state index in [0.29, 0.717) is 23.7 Å². The molecule has 2 aromatic heterocycles. The first-order valence-electron chi connectivity index (χ1n) is 9.68. The number of aromatic nitrogens is 2. The van der Waals surface area contributed by atoms with Gasteiger partial charge in [-0.1, -0.05) is 18.9 Å². The summed E-state index contributed by atoms with van der Waals surface area (Å²) in [7, 11) is -3.66. The summed E-state index contributed by atoms with van der Waals surface area (Å²) >= 11 is 1.31. The lowest BCUT2D eigenvalue weighted by Gasteiger charge is -2.20. The molecule has 1 fully saturated rings. The van der Waals surface area contributed by atoms with E-state index in [4.69, 9.17) is 4.74 Å². The van der Waals surface area contributed by atoms with E-state index < -0.39 is 16.0 Å². The fourth-order valence-electron chi connectivity index (χ4n) is 3.40. The maximum atomic E-state index is 13.0. The van der Waals surface area contributed by atoms with E-state index in [9.17, 15) is 18.0 Å². The van der Waals surface area contributed by atoms with E-state index in [0.717, 1.165) is 25.7 Å². The van der Waals surface area contributed by atoms with E-state index in [-0.39, 0.29) is 22.6 Å². The molecule has 0 amide bonds. The highest BCUT2D eigenvalue weighted by Crippen LogP contribution is 2.21. The maximum absolute atomic E-state index is 13.0. The average molecular weight is 448 g/mol. The molecule has 30 heavy (non-hydrogen) atoms. The number of ether oxygens (including phenoxy) is 1. The highest BCUT2D eigenvalue weighted by molar-refractivity contribution is 7.89. The zero-order valence-electron chi connectivity index (χ0n) is 16.2. The van der Waals surface area contributed by atoms with Crippen LogP contribution in [-0.4, -0.2) is 41.2 Å². The topological polar surface area (TPSA) is 98.0 Å². The highest BCUT2D eigenvalue weighted by atomic mass is 32.2. The number of sulfonamides is 1. The summed E-state index contributed by atoms with van der Waals surface area (Å²) in [6.07, 6.45) is 5.34. The first kappa shape index (κ1) is 20.7. The molecule has 4 rings (SSSR count). The summed E-state index contributed by atoms with van der Waals surface area (Å²) in [6.45, 7) is 0.804. The molecule has 1 saturated heterocycles. The van der Waals surface area contributed by atoms with E-state index >= 15 is 0 Å². The zero-order chi connectivity index (χ0) is 21.1. The predicted molar refractivity (Wildman–Crippen MR) is 112 cm³/mol. The van der Waals surface area contributed by atoms with Crippen LogP contribution in [0.4, 0.5) is 0 Å². The van der Waals surface area contributed by atoms with Crippen LogP contribution in [0.5, 0.6) is 0 Å². The van der Waals surface area contributed by atoms with Gasteiger partial charge in [0.15, 0.2) is 4.96 Å². The van der Waals surface area contributed by atoms with Gasteiger partial charge in [0.25, 0.3) is 5.56 Å².